The molecule has 1 saturated carbocycles. The molecule has 1 atom stereocenters. The number of phenols is 1. The maximum absolute atomic E-state index is 11.6. The van der Waals surface area contributed by atoms with Crippen LogP contribution >= 0.6 is 0 Å². The lowest BCUT2D eigenvalue weighted by Gasteiger charge is -2.09. The van der Waals surface area contributed by atoms with E-state index in [2.05, 4.69) is 0 Å². The zero-order chi connectivity index (χ0) is 11.5. The van der Waals surface area contributed by atoms with Crippen LogP contribution in [0.1, 0.15) is 19.3 Å². The van der Waals surface area contributed by atoms with Crippen LogP contribution < -0.4 is 4.74 Å². The molecule has 0 aromatic heterocycles. The molecule has 1 aliphatic carbocycles. The van der Waals surface area contributed by atoms with E-state index in [4.69, 9.17) is 4.74 Å². The number of para-hydroxylation sites is 2. The van der Waals surface area contributed by atoms with Crippen molar-refractivity contribution in [2.45, 2.75) is 19.3 Å². The van der Waals surface area contributed by atoms with Gasteiger partial charge in [0, 0.05) is 6.42 Å². The van der Waals surface area contributed by atoms with Gasteiger partial charge in [0.15, 0.2) is 11.5 Å². The molecular formula is C12H12O4. The summed E-state index contributed by atoms with van der Waals surface area (Å²) in [6, 6.07) is 6.21. The molecule has 1 aromatic rings. The molecule has 0 saturated heterocycles. The van der Waals surface area contributed by atoms with Gasteiger partial charge in [-0.3, -0.25) is 9.59 Å². The molecule has 0 amide bonds. The number of ketones is 1. The van der Waals surface area contributed by atoms with Crippen LogP contribution in [0.15, 0.2) is 24.3 Å². The van der Waals surface area contributed by atoms with Crippen LogP contribution in [0.5, 0.6) is 11.5 Å². The second-order valence-corrected chi connectivity index (χ2v) is 3.80. The number of rotatable bonds is 2. The van der Waals surface area contributed by atoms with E-state index < -0.39 is 11.9 Å². The topological polar surface area (TPSA) is 63.6 Å². The summed E-state index contributed by atoms with van der Waals surface area (Å²) in [5, 5.41) is 9.41. The zero-order valence-electron chi connectivity index (χ0n) is 8.68. The van der Waals surface area contributed by atoms with E-state index in [0.717, 1.165) is 6.42 Å². The summed E-state index contributed by atoms with van der Waals surface area (Å²) in [5.41, 5.74) is 0. The Hall–Kier alpha value is -1.84. The summed E-state index contributed by atoms with van der Waals surface area (Å²) in [4.78, 5) is 23.0. The average Bonchev–Trinajstić information content (AvgIpc) is 2.68. The number of carbonyl (C=O) groups is 2. The lowest BCUT2D eigenvalue weighted by molar-refractivity contribution is -0.142. The average molecular weight is 220 g/mol. The first-order valence-corrected chi connectivity index (χ1v) is 5.21. The third-order valence-corrected chi connectivity index (χ3v) is 2.66. The number of phenolic OH excluding ortho intramolecular Hbond substituents is 1. The van der Waals surface area contributed by atoms with Gasteiger partial charge in [0.2, 0.25) is 0 Å². The van der Waals surface area contributed by atoms with Crippen LogP contribution in [-0.2, 0) is 9.59 Å². The smallest absolute Gasteiger partial charge is 0.321 e. The summed E-state index contributed by atoms with van der Waals surface area (Å²) in [6.07, 6.45) is 1.73. The summed E-state index contributed by atoms with van der Waals surface area (Å²) >= 11 is 0. The van der Waals surface area contributed by atoms with E-state index in [9.17, 15) is 14.7 Å². The van der Waals surface area contributed by atoms with Gasteiger partial charge in [0.05, 0.1) is 0 Å². The Morgan fingerprint density at radius 1 is 1.38 bits per heavy atom. The van der Waals surface area contributed by atoms with Crippen molar-refractivity contribution in [3.05, 3.63) is 24.3 Å². The van der Waals surface area contributed by atoms with Crippen molar-refractivity contribution in [1.82, 2.24) is 0 Å². The van der Waals surface area contributed by atoms with Gasteiger partial charge in [-0.2, -0.15) is 0 Å². The highest BCUT2D eigenvalue weighted by Crippen LogP contribution is 2.28. The Kier molecular flexibility index (Phi) is 2.90. The molecule has 2 rings (SSSR count). The van der Waals surface area contributed by atoms with Crippen molar-refractivity contribution < 1.29 is 19.4 Å². The predicted octanol–water partition coefficient (Wildman–Crippen LogP) is 1.67. The normalized spacial score (nSPS) is 19.8. The number of Topliss-reactive ketones (excluding diaryl/α,β-unsaturated/α-hetero) is 1. The van der Waals surface area contributed by atoms with E-state index in [1.165, 1.54) is 12.1 Å². The highest BCUT2D eigenvalue weighted by Gasteiger charge is 2.32. The second kappa shape index (κ2) is 4.35. The molecule has 0 radical (unpaired) electrons. The molecule has 84 valence electrons. The van der Waals surface area contributed by atoms with Crippen molar-refractivity contribution in [2.24, 2.45) is 5.92 Å². The molecule has 1 aliphatic rings. The number of ether oxygens (including phenoxy) is 1. The van der Waals surface area contributed by atoms with E-state index in [1.807, 2.05) is 0 Å². The highest BCUT2D eigenvalue weighted by molar-refractivity contribution is 6.01. The fourth-order valence-electron chi connectivity index (χ4n) is 1.79. The fraction of sp³-hybridized carbons (Fsp3) is 0.333. The SMILES string of the molecule is O=C1CCCC1C(=O)Oc1ccccc1O. The van der Waals surface area contributed by atoms with Crippen LogP contribution in [0.2, 0.25) is 0 Å². The molecule has 1 unspecified atom stereocenters. The quantitative estimate of drug-likeness (QED) is 0.467. The standard InChI is InChI=1S/C12H12O4/c13-9-6-3-4-8(9)12(15)16-11-7-2-1-5-10(11)14/h1-2,5,7-8,14H,3-4,6H2. The number of benzene rings is 1. The highest BCUT2D eigenvalue weighted by atomic mass is 16.5. The van der Waals surface area contributed by atoms with E-state index in [-0.39, 0.29) is 17.3 Å². The van der Waals surface area contributed by atoms with Gasteiger partial charge in [0.25, 0.3) is 0 Å². The Labute approximate surface area is 92.8 Å². The number of hydrogen-bond donors (Lipinski definition) is 1. The number of esters is 1. The third-order valence-electron chi connectivity index (χ3n) is 2.66. The zero-order valence-corrected chi connectivity index (χ0v) is 8.68. The van der Waals surface area contributed by atoms with E-state index in [1.54, 1.807) is 12.1 Å². The van der Waals surface area contributed by atoms with Crippen LogP contribution in [0.4, 0.5) is 0 Å². The number of carbonyl (C=O) groups excluding carboxylic acids is 2. The van der Waals surface area contributed by atoms with Gasteiger partial charge in [0.1, 0.15) is 11.7 Å². The van der Waals surface area contributed by atoms with Crippen LogP contribution in [0.25, 0.3) is 0 Å². The first-order chi connectivity index (χ1) is 7.68. The first-order valence-electron chi connectivity index (χ1n) is 5.21. The minimum Gasteiger partial charge on any atom is -0.504 e. The molecule has 0 spiro atoms. The number of hydrogen-bond acceptors (Lipinski definition) is 4. The monoisotopic (exact) mass is 220 g/mol. The number of aromatic hydroxyl groups is 1. The molecular weight excluding hydrogens is 208 g/mol. The Morgan fingerprint density at radius 3 is 2.75 bits per heavy atom. The third kappa shape index (κ3) is 2.05. The molecule has 1 aromatic carbocycles. The van der Waals surface area contributed by atoms with Gasteiger partial charge >= 0.3 is 5.97 Å². The summed E-state index contributed by atoms with van der Waals surface area (Å²) in [7, 11) is 0. The van der Waals surface area contributed by atoms with Crippen LogP contribution in [0.3, 0.4) is 0 Å². The summed E-state index contributed by atoms with van der Waals surface area (Å²) < 4.78 is 4.99. The Bertz CT molecular complexity index is 425. The maximum Gasteiger partial charge on any atom is 0.321 e. The molecule has 0 heterocycles. The summed E-state index contributed by atoms with van der Waals surface area (Å²) in [5.74, 6) is -1.28. The van der Waals surface area contributed by atoms with Gasteiger partial charge in [-0.15, -0.1) is 0 Å². The molecule has 16 heavy (non-hydrogen) atoms. The van der Waals surface area contributed by atoms with Gasteiger partial charge in [-0.1, -0.05) is 12.1 Å². The Morgan fingerprint density at radius 2 is 2.12 bits per heavy atom. The van der Waals surface area contributed by atoms with Crippen molar-refractivity contribution >= 4 is 11.8 Å². The Balaban J connectivity index is 2.08. The van der Waals surface area contributed by atoms with Crippen molar-refractivity contribution in [3.8, 4) is 11.5 Å². The van der Waals surface area contributed by atoms with E-state index in [0.29, 0.717) is 12.8 Å². The fourth-order valence-corrected chi connectivity index (χ4v) is 1.79. The largest absolute Gasteiger partial charge is 0.504 e. The first kappa shape index (κ1) is 10.7. The molecule has 0 aliphatic heterocycles. The van der Waals surface area contributed by atoms with Gasteiger partial charge < -0.3 is 9.84 Å². The van der Waals surface area contributed by atoms with Gasteiger partial charge in [-0.25, -0.2) is 0 Å². The molecule has 0 bridgehead atoms. The predicted molar refractivity (Wildman–Crippen MR) is 56.1 cm³/mol. The molecule has 1 N–H and O–H groups in total. The minimum absolute atomic E-state index is 0.0691. The van der Waals surface area contributed by atoms with Crippen molar-refractivity contribution in [2.75, 3.05) is 0 Å². The lowest BCUT2D eigenvalue weighted by Crippen LogP contribution is -2.23. The van der Waals surface area contributed by atoms with Crippen LogP contribution in [0, 0.1) is 5.92 Å². The maximum atomic E-state index is 11.6. The van der Waals surface area contributed by atoms with Crippen molar-refractivity contribution in [3.63, 3.8) is 0 Å². The lowest BCUT2D eigenvalue weighted by atomic mass is 10.1. The minimum atomic E-state index is -0.653. The van der Waals surface area contributed by atoms with Crippen LogP contribution in [-0.4, -0.2) is 16.9 Å². The van der Waals surface area contributed by atoms with Gasteiger partial charge in [-0.05, 0) is 25.0 Å². The molecule has 1 fully saturated rings. The molecule has 4 heteroatoms. The summed E-state index contributed by atoms with van der Waals surface area (Å²) in [6.45, 7) is 0. The van der Waals surface area contributed by atoms with E-state index >= 15 is 0 Å². The van der Waals surface area contributed by atoms with Crippen molar-refractivity contribution in [1.29, 1.82) is 0 Å². The molecule has 4 nitrogen and oxygen atoms in total. The second-order valence-electron chi connectivity index (χ2n) is 3.80.